The van der Waals surface area contributed by atoms with E-state index in [1.165, 1.54) is 0 Å². The highest BCUT2D eigenvalue weighted by Crippen LogP contribution is 2.38. The molecule has 3 N–H and O–H groups in total. The number of carbonyl (C=O) groups is 2. The van der Waals surface area contributed by atoms with Crippen LogP contribution in [0.15, 0.2) is 36.8 Å². The molecule has 0 spiro atoms. The Balaban J connectivity index is 1.34. The Labute approximate surface area is 164 Å². The van der Waals surface area contributed by atoms with Gasteiger partial charge in [0.15, 0.2) is 0 Å². The summed E-state index contributed by atoms with van der Waals surface area (Å²) in [6.07, 6.45) is 9.95. The lowest BCUT2D eigenvalue weighted by Gasteiger charge is -2.40. The standard InChI is InChI=1S/C20H28N6O2/c27-18(17-6-3-8-21-17)24-16-14-20(7-1-2-11-25(20)15-16)19(28)22-9-4-12-26-13-5-10-23-26/h3,5-6,8,10,13,16,21H,1-2,4,7,9,11-12,14-15H2,(H,22,28)(H,24,27)/t16-,20-/m0/s1. The summed E-state index contributed by atoms with van der Waals surface area (Å²) in [5.41, 5.74) is 0.0689. The van der Waals surface area contributed by atoms with Crippen LogP contribution in [-0.2, 0) is 11.3 Å². The zero-order valence-electron chi connectivity index (χ0n) is 16.1. The van der Waals surface area contributed by atoms with Crippen molar-refractivity contribution in [3.63, 3.8) is 0 Å². The molecule has 2 aliphatic heterocycles. The summed E-state index contributed by atoms with van der Waals surface area (Å²) < 4.78 is 1.87. The molecular formula is C20H28N6O2. The Hall–Kier alpha value is -2.61. The van der Waals surface area contributed by atoms with E-state index in [2.05, 4.69) is 25.6 Å². The first-order valence-corrected chi connectivity index (χ1v) is 10.1. The number of piperidine rings is 1. The van der Waals surface area contributed by atoms with Crippen molar-refractivity contribution in [2.45, 2.75) is 50.2 Å². The number of nitrogens with zero attached hydrogens (tertiary/aromatic N) is 3. The van der Waals surface area contributed by atoms with E-state index in [4.69, 9.17) is 0 Å². The third-order valence-electron chi connectivity index (χ3n) is 5.91. The van der Waals surface area contributed by atoms with Gasteiger partial charge in [-0.1, -0.05) is 0 Å². The SMILES string of the molecule is O=C(N[C@@H]1CN2CCCC[C@@]2(C(=O)NCCCn2cccn2)C1)c1ccc[nH]1. The lowest BCUT2D eigenvalue weighted by atomic mass is 9.84. The van der Waals surface area contributed by atoms with Gasteiger partial charge < -0.3 is 15.6 Å². The summed E-state index contributed by atoms with van der Waals surface area (Å²) in [4.78, 5) is 30.7. The molecule has 150 valence electrons. The summed E-state index contributed by atoms with van der Waals surface area (Å²) in [5.74, 6) is -0.00563. The van der Waals surface area contributed by atoms with E-state index in [1.807, 2.05) is 23.0 Å². The van der Waals surface area contributed by atoms with Crippen LogP contribution in [0.5, 0.6) is 0 Å². The fourth-order valence-corrected chi connectivity index (χ4v) is 4.55. The van der Waals surface area contributed by atoms with Crippen LogP contribution in [0.25, 0.3) is 0 Å². The Morgan fingerprint density at radius 3 is 3.04 bits per heavy atom. The van der Waals surface area contributed by atoms with E-state index in [1.54, 1.807) is 18.5 Å². The van der Waals surface area contributed by atoms with Gasteiger partial charge in [-0.2, -0.15) is 5.10 Å². The number of nitrogens with one attached hydrogen (secondary N) is 3. The molecule has 2 fully saturated rings. The number of carbonyl (C=O) groups excluding carboxylic acids is 2. The molecule has 8 heteroatoms. The Kier molecular flexibility index (Phi) is 5.47. The molecule has 28 heavy (non-hydrogen) atoms. The van der Waals surface area contributed by atoms with Gasteiger partial charge in [0.1, 0.15) is 11.2 Å². The molecule has 0 unspecified atom stereocenters. The van der Waals surface area contributed by atoms with Crippen molar-refractivity contribution in [1.29, 1.82) is 0 Å². The fourth-order valence-electron chi connectivity index (χ4n) is 4.55. The van der Waals surface area contributed by atoms with Crippen molar-refractivity contribution in [1.82, 2.24) is 30.3 Å². The van der Waals surface area contributed by atoms with E-state index in [0.717, 1.165) is 45.3 Å². The van der Waals surface area contributed by atoms with Gasteiger partial charge in [0, 0.05) is 44.3 Å². The first-order chi connectivity index (χ1) is 13.7. The predicted octanol–water partition coefficient (Wildman–Crippen LogP) is 1.14. The maximum atomic E-state index is 13.1. The Morgan fingerprint density at radius 1 is 1.32 bits per heavy atom. The minimum atomic E-state index is -0.488. The van der Waals surface area contributed by atoms with E-state index in [-0.39, 0.29) is 17.9 Å². The molecular weight excluding hydrogens is 356 g/mol. The van der Waals surface area contributed by atoms with Crippen LogP contribution >= 0.6 is 0 Å². The summed E-state index contributed by atoms with van der Waals surface area (Å²) in [6, 6.07) is 5.46. The molecule has 2 amide bonds. The highest BCUT2D eigenvalue weighted by atomic mass is 16.2. The minimum Gasteiger partial charge on any atom is -0.357 e. The van der Waals surface area contributed by atoms with Gasteiger partial charge in [0.2, 0.25) is 5.91 Å². The molecule has 0 radical (unpaired) electrons. The lowest BCUT2D eigenvalue weighted by Crippen LogP contribution is -2.57. The van der Waals surface area contributed by atoms with Gasteiger partial charge in [0.05, 0.1) is 0 Å². The molecule has 4 rings (SSSR count). The largest absolute Gasteiger partial charge is 0.357 e. The normalized spacial score (nSPS) is 24.6. The molecule has 2 atom stereocenters. The molecule has 0 aliphatic carbocycles. The van der Waals surface area contributed by atoms with Gasteiger partial charge in [-0.25, -0.2) is 0 Å². The van der Waals surface area contributed by atoms with Gasteiger partial charge >= 0.3 is 0 Å². The quantitative estimate of drug-likeness (QED) is 0.624. The van der Waals surface area contributed by atoms with E-state index >= 15 is 0 Å². The second-order valence-electron chi connectivity index (χ2n) is 7.77. The van der Waals surface area contributed by atoms with E-state index in [9.17, 15) is 9.59 Å². The molecule has 2 aromatic heterocycles. The Morgan fingerprint density at radius 2 is 2.25 bits per heavy atom. The van der Waals surface area contributed by atoms with Crippen LogP contribution in [0.4, 0.5) is 0 Å². The number of aryl methyl sites for hydroxylation is 1. The third-order valence-corrected chi connectivity index (χ3v) is 5.91. The monoisotopic (exact) mass is 384 g/mol. The van der Waals surface area contributed by atoms with Crippen molar-refractivity contribution in [3.05, 3.63) is 42.5 Å². The molecule has 4 heterocycles. The molecule has 0 aromatic carbocycles. The average molecular weight is 384 g/mol. The van der Waals surface area contributed by atoms with Gasteiger partial charge in [0.25, 0.3) is 5.91 Å². The number of hydrogen-bond donors (Lipinski definition) is 3. The summed E-state index contributed by atoms with van der Waals surface area (Å²) >= 11 is 0. The third kappa shape index (κ3) is 3.82. The summed E-state index contributed by atoms with van der Waals surface area (Å²) in [6.45, 7) is 3.06. The first-order valence-electron chi connectivity index (χ1n) is 10.1. The average Bonchev–Trinajstić information content (AvgIpc) is 3.45. The lowest BCUT2D eigenvalue weighted by molar-refractivity contribution is -0.133. The zero-order valence-corrected chi connectivity index (χ0v) is 16.1. The molecule has 2 aliphatic rings. The molecule has 2 saturated heterocycles. The maximum absolute atomic E-state index is 13.1. The van der Waals surface area contributed by atoms with Crippen molar-refractivity contribution >= 4 is 11.8 Å². The molecule has 8 nitrogen and oxygen atoms in total. The number of aromatic nitrogens is 3. The van der Waals surface area contributed by atoms with Crippen LogP contribution in [0.2, 0.25) is 0 Å². The van der Waals surface area contributed by atoms with Crippen molar-refractivity contribution in [2.24, 2.45) is 0 Å². The smallest absolute Gasteiger partial charge is 0.267 e. The zero-order chi connectivity index (χ0) is 19.4. The topological polar surface area (TPSA) is 95.1 Å². The van der Waals surface area contributed by atoms with Crippen molar-refractivity contribution in [2.75, 3.05) is 19.6 Å². The van der Waals surface area contributed by atoms with Gasteiger partial charge in [-0.05, 0) is 56.8 Å². The summed E-state index contributed by atoms with van der Waals surface area (Å²) in [7, 11) is 0. The van der Waals surface area contributed by atoms with Crippen LogP contribution in [0.3, 0.4) is 0 Å². The van der Waals surface area contributed by atoms with Crippen LogP contribution in [0, 0.1) is 0 Å². The van der Waals surface area contributed by atoms with E-state index in [0.29, 0.717) is 18.7 Å². The number of aromatic amines is 1. The predicted molar refractivity (Wildman–Crippen MR) is 105 cm³/mol. The number of fused-ring (bicyclic) bond motifs is 1. The molecule has 0 bridgehead atoms. The number of H-pyrrole nitrogens is 1. The number of amides is 2. The number of hydrogen-bond acceptors (Lipinski definition) is 4. The first kappa shape index (κ1) is 18.7. The van der Waals surface area contributed by atoms with E-state index < -0.39 is 5.54 Å². The van der Waals surface area contributed by atoms with Gasteiger partial charge in [-0.15, -0.1) is 0 Å². The van der Waals surface area contributed by atoms with Crippen LogP contribution in [0.1, 0.15) is 42.6 Å². The molecule has 2 aromatic rings. The van der Waals surface area contributed by atoms with Crippen LogP contribution < -0.4 is 10.6 Å². The highest BCUT2D eigenvalue weighted by Gasteiger charge is 2.52. The number of rotatable bonds is 7. The van der Waals surface area contributed by atoms with Crippen LogP contribution in [-0.4, -0.2) is 62.7 Å². The highest BCUT2D eigenvalue weighted by molar-refractivity contribution is 5.93. The molecule has 0 saturated carbocycles. The minimum absolute atomic E-state index is 0.0104. The Bertz CT molecular complexity index is 788. The van der Waals surface area contributed by atoms with Crippen molar-refractivity contribution < 1.29 is 9.59 Å². The maximum Gasteiger partial charge on any atom is 0.267 e. The summed E-state index contributed by atoms with van der Waals surface area (Å²) in [5, 5.41) is 10.4. The second-order valence-corrected chi connectivity index (χ2v) is 7.77. The van der Waals surface area contributed by atoms with Crippen molar-refractivity contribution in [3.8, 4) is 0 Å². The second kappa shape index (κ2) is 8.18. The fraction of sp³-hybridized carbons (Fsp3) is 0.550. The van der Waals surface area contributed by atoms with Gasteiger partial charge in [-0.3, -0.25) is 19.2 Å².